The molecule has 1 fully saturated rings. The van der Waals surface area contributed by atoms with Gasteiger partial charge in [0.2, 0.25) is 11.4 Å². The Labute approximate surface area is 156 Å². The summed E-state index contributed by atoms with van der Waals surface area (Å²) in [5, 5.41) is 1.97. The smallest absolute Gasteiger partial charge is 0.330 e. The van der Waals surface area contributed by atoms with Crippen LogP contribution in [0.5, 0.6) is 0 Å². The number of rotatable bonds is 4. The first-order valence-corrected chi connectivity index (χ1v) is 9.28. The summed E-state index contributed by atoms with van der Waals surface area (Å²) in [6, 6.07) is 0. The van der Waals surface area contributed by atoms with Crippen molar-refractivity contribution in [2.24, 2.45) is 17.3 Å². The largest absolute Gasteiger partial charge is 0.425 e. The molecular weight excluding hydrogens is 361 g/mol. The highest BCUT2D eigenvalue weighted by Crippen LogP contribution is 2.52. The minimum absolute atomic E-state index is 0.0676. The predicted octanol–water partition coefficient (Wildman–Crippen LogP) is 2.96. The van der Waals surface area contributed by atoms with E-state index in [1.807, 2.05) is 5.32 Å². The van der Waals surface area contributed by atoms with Gasteiger partial charge >= 0.3 is 6.18 Å². The van der Waals surface area contributed by atoms with Crippen LogP contribution in [0.2, 0.25) is 0 Å². The summed E-state index contributed by atoms with van der Waals surface area (Å²) in [4.78, 5) is 39.3. The Kier molecular flexibility index (Phi) is 4.47. The molecule has 1 heterocycles. The van der Waals surface area contributed by atoms with Crippen LogP contribution in [0.1, 0.15) is 53.4 Å². The van der Waals surface area contributed by atoms with Crippen molar-refractivity contribution in [3.63, 3.8) is 0 Å². The van der Waals surface area contributed by atoms with E-state index in [0.29, 0.717) is 12.8 Å². The summed E-state index contributed by atoms with van der Waals surface area (Å²) in [5.41, 5.74) is -4.27. The molecule has 1 atom stereocenters. The first kappa shape index (κ1) is 19.9. The molecule has 8 heteroatoms. The first-order chi connectivity index (χ1) is 12.3. The van der Waals surface area contributed by atoms with E-state index >= 15 is 0 Å². The molecule has 0 saturated heterocycles. The van der Waals surface area contributed by atoms with Gasteiger partial charge in [-0.25, -0.2) is 0 Å². The second-order valence-corrected chi connectivity index (χ2v) is 9.08. The van der Waals surface area contributed by atoms with E-state index in [1.54, 1.807) is 27.7 Å². The minimum atomic E-state index is -5.10. The molecule has 5 nitrogen and oxygen atoms in total. The number of nitrogens with one attached hydrogen (secondary N) is 1. The fourth-order valence-electron chi connectivity index (χ4n) is 4.02. The number of hydrogen-bond acceptors (Lipinski definition) is 3. The molecule has 1 saturated carbocycles. The fourth-order valence-corrected chi connectivity index (χ4v) is 4.02. The van der Waals surface area contributed by atoms with Crippen LogP contribution >= 0.6 is 0 Å². The molecule has 2 amide bonds. The molecule has 0 aromatic rings. The number of Topliss-reactive ketones (excluding diaryl/α,β-unsaturated/α-hetero) is 1. The number of carbonyl (C=O) groups excluding carboxylic acids is 3. The lowest BCUT2D eigenvalue weighted by Gasteiger charge is -2.35. The first-order valence-electron chi connectivity index (χ1n) is 9.28. The summed E-state index contributed by atoms with van der Waals surface area (Å²) < 4.78 is 42.9. The molecular formula is C19H25F3N2O3. The number of ketones is 1. The Bertz CT molecular complexity index is 735. The average molecular weight is 386 g/mol. The van der Waals surface area contributed by atoms with Crippen molar-refractivity contribution >= 4 is 17.6 Å². The predicted molar refractivity (Wildman–Crippen MR) is 91.3 cm³/mol. The maximum Gasteiger partial charge on any atom is 0.425 e. The van der Waals surface area contributed by atoms with Gasteiger partial charge in [0.25, 0.3) is 5.91 Å². The molecule has 0 unspecified atom stereocenters. The second-order valence-electron chi connectivity index (χ2n) is 9.08. The molecule has 3 rings (SSSR count). The maximum atomic E-state index is 14.3. The zero-order valence-corrected chi connectivity index (χ0v) is 16.0. The van der Waals surface area contributed by atoms with E-state index < -0.39 is 46.2 Å². The monoisotopic (exact) mass is 386 g/mol. The zero-order valence-electron chi connectivity index (χ0n) is 16.0. The minimum Gasteiger partial charge on any atom is -0.330 e. The molecule has 0 aromatic carbocycles. The van der Waals surface area contributed by atoms with Crippen molar-refractivity contribution in [3.05, 3.63) is 11.3 Å². The third kappa shape index (κ3) is 3.17. The van der Waals surface area contributed by atoms with Crippen LogP contribution in [-0.2, 0) is 14.4 Å². The molecule has 27 heavy (non-hydrogen) atoms. The molecule has 0 spiro atoms. The summed E-state index contributed by atoms with van der Waals surface area (Å²) in [5.74, 6) is -3.39. The van der Waals surface area contributed by atoms with Crippen LogP contribution < -0.4 is 5.32 Å². The van der Waals surface area contributed by atoms with Crippen molar-refractivity contribution < 1.29 is 27.6 Å². The van der Waals surface area contributed by atoms with Gasteiger partial charge in [0.1, 0.15) is 0 Å². The molecule has 3 aliphatic rings. The van der Waals surface area contributed by atoms with Gasteiger partial charge in [0.15, 0.2) is 5.78 Å². The SMILES string of the molecule is CC(C)CN1C(=O)[C@](NC(=O)C2CC2)(C(F)(F)F)C2=C1CC(C)(C)CC2=O. The molecule has 150 valence electrons. The quantitative estimate of drug-likeness (QED) is 0.808. The number of halogens is 3. The molecule has 0 aromatic heterocycles. The maximum absolute atomic E-state index is 14.3. The van der Waals surface area contributed by atoms with E-state index in [2.05, 4.69) is 0 Å². The molecule has 1 N–H and O–H groups in total. The zero-order chi connectivity index (χ0) is 20.4. The number of allylic oxidation sites excluding steroid dienone is 1. The topological polar surface area (TPSA) is 66.5 Å². The third-order valence-electron chi connectivity index (χ3n) is 5.35. The van der Waals surface area contributed by atoms with Crippen LogP contribution in [-0.4, -0.2) is 40.8 Å². The van der Waals surface area contributed by atoms with Crippen LogP contribution in [0.3, 0.4) is 0 Å². The Morgan fingerprint density at radius 2 is 1.81 bits per heavy atom. The highest BCUT2D eigenvalue weighted by molar-refractivity contribution is 6.13. The van der Waals surface area contributed by atoms with Gasteiger partial charge in [-0.15, -0.1) is 0 Å². The Balaban J connectivity index is 2.18. The van der Waals surface area contributed by atoms with Crippen molar-refractivity contribution in [1.82, 2.24) is 10.2 Å². The van der Waals surface area contributed by atoms with E-state index in [-0.39, 0.29) is 31.0 Å². The lowest BCUT2D eigenvalue weighted by atomic mass is 9.72. The van der Waals surface area contributed by atoms with Gasteiger partial charge in [-0.2, -0.15) is 13.2 Å². The van der Waals surface area contributed by atoms with Crippen LogP contribution in [0.15, 0.2) is 11.3 Å². The number of amides is 2. The lowest BCUT2D eigenvalue weighted by Crippen LogP contribution is -2.66. The van der Waals surface area contributed by atoms with Crippen molar-refractivity contribution in [2.45, 2.75) is 65.1 Å². The molecule has 0 radical (unpaired) electrons. The number of hydrogen-bond donors (Lipinski definition) is 1. The third-order valence-corrected chi connectivity index (χ3v) is 5.35. The summed E-state index contributed by atoms with van der Waals surface area (Å²) in [6.45, 7) is 7.24. The Hall–Kier alpha value is -1.86. The van der Waals surface area contributed by atoms with Gasteiger partial charge in [0.05, 0.1) is 5.57 Å². The van der Waals surface area contributed by atoms with Crippen molar-refractivity contribution in [2.75, 3.05) is 6.54 Å². The average Bonchev–Trinajstić information content (AvgIpc) is 3.29. The number of alkyl halides is 3. The summed E-state index contributed by atoms with van der Waals surface area (Å²) in [7, 11) is 0. The molecule has 2 aliphatic carbocycles. The van der Waals surface area contributed by atoms with Crippen LogP contribution in [0.4, 0.5) is 13.2 Å². The van der Waals surface area contributed by atoms with E-state index in [4.69, 9.17) is 0 Å². The van der Waals surface area contributed by atoms with Gasteiger partial charge in [0, 0.05) is 24.6 Å². The fraction of sp³-hybridized carbons (Fsp3) is 0.737. The molecule has 1 aliphatic heterocycles. The van der Waals surface area contributed by atoms with E-state index in [0.717, 1.165) is 4.90 Å². The number of nitrogens with zero attached hydrogens (tertiary/aromatic N) is 1. The molecule has 0 bridgehead atoms. The van der Waals surface area contributed by atoms with Crippen LogP contribution in [0.25, 0.3) is 0 Å². The van der Waals surface area contributed by atoms with Crippen molar-refractivity contribution in [1.29, 1.82) is 0 Å². The van der Waals surface area contributed by atoms with E-state index in [9.17, 15) is 27.6 Å². The summed E-state index contributed by atoms with van der Waals surface area (Å²) in [6.07, 6.45) is -4.01. The standard InChI is InChI=1S/C19H25F3N2O3/c1-10(2)9-24-12-7-17(3,4)8-13(25)14(12)18(16(24)27,19(20,21)22)23-15(26)11-5-6-11/h10-11H,5-9H2,1-4H3,(H,23,26)/t18-/m0/s1. The summed E-state index contributed by atoms with van der Waals surface area (Å²) >= 11 is 0. The van der Waals surface area contributed by atoms with Gasteiger partial charge in [-0.3, -0.25) is 14.4 Å². The second kappa shape index (κ2) is 6.07. The lowest BCUT2D eigenvalue weighted by molar-refractivity contribution is -0.195. The van der Waals surface area contributed by atoms with Gasteiger partial charge in [-0.05, 0) is 30.6 Å². The van der Waals surface area contributed by atoms with Crippen molar-refractivity contribution in [3.8, 4) is 0 Å². The van der Waals surface area contributed by atoms with Gasteiger partial charge < -0.3 is 10.2 Å². The van der Waals surface area contributed by atoms with Gasteiger partial charge in [-0.1, -0.05) is 27.7 Å². The Morgan fingerprint density at radius 3 is 2.30 bits per heavy atom. The number of carbonyl (C=O) groups is 3. The highest BCUT2D eigenvalue weighted by atomic mass is 19.4. The highest BCUT2D eigenvalue weighted by Gasteiger charge is 2.71. The van der Waals surface area contributed by atoms with E-state index in [1.165, 1.54) is 0 Å². The Morgan fingerprint density at radius 1 is 1.22 bits per heavy atom. The van der Waals surface area contributed by atoms with Crippen LogP contribution in [0, 0.1) is 17.3 Å². The normalized spacial score (nSPS) is 28.1.